The molecular weight excluding hydrogens is 997 g/mol. The van der Waals surface area contributed by atoms with Gasteiger partial charge in [-0.25, -0.2) is 0 Å². The topological polar surface area (TPSA) is 78.9 Å². The number of carbonyl (C=O) groups is 3. The Bertz CT molecular complexity index is 1620. The summed E-state index contributed by atoms with van der Waals surface area (Å²) in [6.45, 7) is 6.47. The van der Waals surface area contributed by atoms with Crippen molar-refractivity contribution in [3.8, 4) is 0 Å². The van der Waals surface area contributed by atoms with Crippen molar-refractivity contribution in [2.75, 3.05) is 13.2 Å². The largest absolute Gasteiger partial charge is 0.462 e. The van der Waals surface area contributed by atoms with E-state index in [0.29, 0.717) is 19.3 Å². The second-order valence-electron chi connectivity index (χ2n) is 22.7. The van der Waals surface area contributed by atoms with Gasteiger partial charge in [-0.05, 0) is 128 Å². The lowest BCUT2D eigenvalue weighted by Crippen LogP contribution is -2.30. The highest BCUT2D eigenvalue weighted by Gasteiger charge is 2.19. The molecule has 6 heteroatoms. The van der Waals surface area contributed by atoms with Gasteiger partial charge in [0.2, 0.25) is 0 Å². The minimum absolute atomic E-state index is 0.0938. The quantitative estimate of drug-likeness (QED) is 0.0261. The second kappa shape index (κ2) is 68.6. The third-order valence-electron chi connectivity index (χ3n) is 14.7. The Hall–Kier alpha value is -3.93. The number of esters is 3. The monoisotopic (exact) mass is 1120 g/mol. The highest BCUT2D eigenvalue weighted by atomic mass is 16.6. The van der Waals surface area contributed by atoms with Gasteiger partial charge in [0.05, 0.1) is 0 Å². The van der Waals surface area contributed by atoms with Crippen LogP contribution in [0.15, 0.2) is 109 Å². The van der Waals surface area contributed by atoms with Gasteiger partial charge in [-0.3, -0.25) is 14.4 Å². The van der Waals surface area contributed by atoms with Gasteiger partial charge in [0.25, 0.3) is 0 Å². The van der Waals surface area contributed by atoms with Crippen LogP contribution in [-0.4, -0.2) is 37.2 Å². The summed E-state index contributed by atoms with van der Waals surface area (Å²) in [5.74, 6) is -0.935. The summed E-state index contributed by atoms with van der Waals surface area (Å²) in [5, 5.41) is 0. The fraction of sp³-hybridized carbons (Fsp3) is 0.720. The van der Waals surface area contributed by atoms with Crippen molar-refractivity contribution in [2.45, 2.75) is 335 Å². The number of hydrogen-bond acceptors (Lipinski definition) is 6. The highest BCUT2D eigenvalue weighted by molar-refractivity contribution is 5.71. The summed E-state index contributed by atoms with van der Waals surface area (Å²) in [6.07, 6.45) is 94.0. The third kappa shape index (κ3) is 66.8. The number of ether oxygens (including phenoxy) is 3. The average molecular weight is 1130 g/mol. The molecule has 0 bridgehead atoms. The molecule has 0 aliphatic rings. The second-order valence-corrected chi connectivity index (χ2v) is 22.7. The van der Waals surface area contributed by atoms with Crippen LogP contribution in [0.3, 0.4) is 0 Å². The molecular formula is C75H128O6. The molecule has 0 N–H and O–H groups in total. The molecule has 0 aromatic carbocycles. The molecule has 6 nitrogen and oxygen atoms in total. The third-order valence-corrected chi connectivity index (χ3v) is 14.7. The number of allylic oxidation sites excluding steroid dienone is 18. The lowest BCUT2D eigenvalue weighted by molar-refractivity contribution is -0.167. The summed E-state index contributed by atoms with van der Waals surface area (Å²) in [6, 6.07) is 0. The van der Waals surface area contributed by atoms with Crippen LogP contribution in [0.5, 0.6) is 0 Å². The van der Waals surface area contributed by atoms with Crippen molar-refractivity contribution in [2.24, 2.45) is 0 Å². The van der Waals surface area contributed by atoms with Gasteiger partial charge >= 0.3 is 17.9 Å². The van der Waals surface area contributed by atoms with E-state index in [1.54, 1.807) is 0 Å². The van der Waals surface area contributed by atoms with E-state index in [2.05, 4.69) is 130 Å². The molecule has 0 aliphatic carbocycles. The Morgan fingerprint density at radius 3 is 0.802 bits per heavy atom. The predicted molar refractivity (Wildman–Crippen MR) is 353 cm³/mol. The van der Waals surface area contributed by atoms with Crippen molar-refractivity contribution in [1.82, 2.24) is 0 Å². The maximum absolute atomic E-state index is 12.9. The van der Waals surface area contributed by atoms with Crippen molar-refractivity contribution in [3.63, 3.8) is 0 Å². The number of hydrogen-bond donors (Lipinski definition) is 0. The summed E-state index contributed by atoms with van der Waals surface area (Å²) in [5.41, 5.74) is 0. The average Bonchev–Trinajstić information content (AvgIpc) is 3.47. The zero-order chi connectivity index (χ0) is 58.5. The van der Waals surface area contributed by atoms with E-state index in [9.17, 15) is 14.4 Å². The smallest absolute Gasteiger partial charge is 0.306 e. The van der Waals surface area contributed by atoms with Crippen LogP contribution >= 0.6 is 0 Å². The van der Waals surface area contributed by atoms with Gasteiger partial charge in [-0.1, -0.05) is 291 Å². The lowest BCUT2D eigenvalue weighted by Gasteiger charge is -2.18. The summed E-state index contributed by atoms with van der Waals surface area (Å²) >= 11 is 0. The van der Waals surface area contributed by atoms with E-state index >= 15 is 0 Å². The molecule has 0 amide bonds. The molecule has 81 heavy (non-hydrogen) atoms. The van der Waals surface area contributed by atoms with Crippen LogP contribution in [0.2, 0.25) is 0 Å². The number of rotatable bonds is 62. The molecule has 0 fully saturated rings. The maximum Gasteiger partial charge on any atom is 0.306 e. The number of unbranched alkanes of at least 4 members (excludes halogenated alkanes) is 33. The summed E-state index contributed by atoms with van der Waals surface area (Å²) < 4.78 is 16.9. The summed E-state index contributed by atoms with van der Waals surface area (Å²) in [4.78, 5) is 38.4. The molecule has 0 saturated heterocycles. The predicted octanol–water partition coefficient (Wildman–Crippen LogP) is 23.8. The van der Waals surface area contributed by atoms with Crippen LogP contribution in [0, 0.1) is 0 Å². The van der Waals surface area contributed by atoms with Crippen molar-refractivity contribution >= 4 is 17.9 Å². The standard InChI is InChI=1S/C75H128O6/c1-4-7-10-13-16-19-22-25-28-30-31-32-33-34-35-36-37-38-39-40-41-42-43-45-47-50-53-56-59-62-65-68-74(77)80-71-72(70-79-73(76)67-64-61-58-55-52-49-46-27-24-21-18-15-12-9-6-3)81-75(78)69-66-63-60-57-54-51-48-44-29-26-23-20-17-14-11-8-5-2/h9,12,17-18,20-22,25-27,29-31,33-34,46,52,55,72H,4-8,10-11,13-16,19,23-24,28,32,35-45,47-51,53-54,56-71H2,1-3H3/b12-9-,20-17-,21-18-,25-22-,29-26-,31-30-,34-33-,46-27-,55-52-. The molecule has 1 unspecified atom stereocenters. The minimum Gasteiger partial charge on any atom is -0.462 e. The maximum atomic E-state index is 12.9. The molecule has 464 valence electrons. The Morgan fingerprint density at radius 1 is 0.259 bits per heavy atom. The summed E-state index contributed by atoms with van der Waals surface area (Å²) in [7, 11) is 0. The van der Waals surface area contributed by atoms with E-state index in [4.69, 9.17) is 14.2 Å². The van der Waals surface area contributed by atoms with Crippen LogP contribution in [0.25, 0.3) is 0 Å². The fourth-order valence-electron chi connectivity index (χ4n) is 9.59. The first-order chi connectivity index (χ1) is 40.0. The van der Waals surface area contributed by atoms with Gasteiger partial charge < -0.3 is 14.2 Å². The molecule has 1 atom stereocenters. The van der Waals surface area contributed by atoms with Gasteiger partial charge in [0.15, 0.2) is 6.10 Å². The van der Waals surface area contributed by atoms with Crippen molar-refractivity contribution in [3.05, 3.63) is 109 Å². The van der Waals surface area contributed by atoms with E-state index in [0.717, 1.165) is 109 Å². The Labute approximate surface area is 501 Å². The van der Waals surface area contributed by atoms with Crippen LogP contribution in [-0.2, 0) is 28.6 Å². The lowest BCUT2D eigenvalue weighted by atomic mass is 10.0. The first kappa shape index (κ1) is 77.1. The van der Waals surface area contributed by atoms with Crippen LogP contribution < -0.4 is 0 Å². The van der Waals surface area contributed by atoms with Gasteiger partial charge in [0.1, 0.15) is 13.2 Å². The molecule has 0 radical (unpaired) electrons. The first-order valence-corrected chi connectivity index (χ1v) is 34.4. The Balaban J connectivity index is 4.27. The van der Waals surface area contributed by atoms with Gasteiger partial charge in [-0.2, -0.15) is 0 Å². The molecule has 0 heterocycles. The molecule has 0 rings (SSSR count). The first-order valence-electron chi connectivity index (χ1n) is 34.4. The van der Waals surface area contributed by atoms with E-state index < -0.39 is 6.10 Å². The zero-order valence-electron chi connectivity index (χ0n) is 53.3. The normalized spacial score (nSPS) is 12.8. The Kier molecular flexibility index (Phi) is 65.2. The molecule has 0 aliphatic heterocycles. The molecule has 0 saturated carbocycles. The minimum atomic E-state index is -0.802. The van der Waals surface area contributed by atoms with Crippen molar-refractivity contribution in [1.29, 1.82) is 0 Å². The molecule has 0 aromatic heterocycles. The van der Waals surface area contributed by atoms with Crippen molar-refractivity contribution < 1.29 is 28.6 Å². The Morgan fingerprint density at radius 2 is 0.481 bits per heavy atom. The van der Waals surface area contributed by atoms with E-state index in [1.807, 2.05) is 0 Å². The van der Waals surface area contributed by atoms with Gasteiger partial charge in [0, 0.05) is 19.3 Å². The highest BCUT2D eigenvalue weighted by Crippen LogP contribution is 2.17. The van der Waals surface area contributed by atoms with E-state index in [-0.39, 0.29) is 31.1 Å². The molecule has 0 spiro atoms. The van der Waals surface area contributed by atoms with E-state index in [1.165, 1.54) is 180 Å². The van der Waals surface area contributed by atoms with Gasteiger partial charge in [-0.15, -0.1) is 0 Å². The zero-order valence-corrected chi connectivity index (χ0v) is 53.3. The fourth-order valence-corrected chi connectivity index (χ4v) is 9.59. The van der Waals surface area contributed by atoms with Crippen LogP contribution in [0.4, 0.5) is 0 Å². The van der Waals surface area contributed by atoms with Crippen LogP contribution in [0.1, 0.15) is 329 Å². The number of carbonyl (C=O) groups excluding carboxylic acids is 3. The SMILES string of the molecule is CC/C=C\C/C=C\C/C=C\C/C=C\CCCCC(=O)OCC(COC(=O)CCCCCCCCCCCCCCCCCC/C=C\C/C=C\C/C=C\CCCCCCC)OC(=O)CCCCCCCCC/C=C\C/C=C\CCCCC. The molecule has 0 aromatic rings.